The van der Waals surface area contributed by atoms with Gasteiger partial charge in [0, 0.05) is 6.42 Å². The number of para-hydroxylation sites is 1. The standard InChI is InChI=1S/C13H12FN5O2/c14-9-3-1-2-4-10(9)17-11(20)5-8-6-19-13(15-7-16-19)18-12(8)21/h1-4,7-8H,5-6H2,(H,17,20)(H,15,16,18,21)/t8-/m0/s1. The highest BCUT2D eigenvalue weighted by Gasteiger charge is 2.29. The van der Waals surface area contributed by atoms with Crippen LogP contribution in [0.5, 0.6) is 0 Å². The van der Waals surface area contributed by atoms with Crippen molar-refractivity contribution >= 4 is 23.5 Å². The molecule has 2 aromatic rings. The Labute approximate surface area is 119 Å². The number of carbonyl (C=O) groups excluding carboxylic acids is 2. The molecule has 0 saturated heterocycles. The molecule has 108 valence electrons. The van der Waals surface area contributed by atoms with Crippen LogP contribution in [0.2, 0.25) is 0 Å². The van der Waals surface area contributed by atoms with Gasteiger partial charge in [-0.05, 0) is 12.1 Å². The number of carbonyl (C=O) groups is 2. The largest absolute Gasteiger partial charge is 0.324 e. The lowest BCUT2D eigenvalue weighted by molar-refractivity contribution is -0.126. The molecule has 1 aromatic carbocycles. The van der Waals surface area contributed by atoms with Gasteiger partial charge in [-0.3, -0.25) is 14.9 Å². The van der Waals surface area contributed by atoms with Gasteiger partial charge < -0.3 is 5.32 Å². The molecular weight excluding hydrogens is 277 g/mol. The summed E-state index contributed by atoms with van der Waals surface area (Å²) < 4.78 is 15.0. The Hall–Kier alpha value is -2.77. The number of hydrogen-bond donors (Lipinski definition) is 2. The van der Waals surface area contributed by atoms with E-state index >= 15 is 0 Å². The topological polar surface area (TPSA) is 88.9 Å². The van der Waals surface area contributed by atoms with E-state index in [2.05, 4.69) is 20.7 Å². The summed E-state index contributed by atoms with van der Waals surface area (Å²) >= 11 is 0. The van der Waals surface area contributed by atoms with Gasteiger partial charge in [-0.25, -0.2) is 9.07 Å². The zero-order valence-corrected chi connectivity index (χ0v) is 10.9. The lowest BCUT2D eigenvalue weighted by atomic mass is 10.0. The maximum absolute atomic E-state index is 13.4. The van der Waals surface area contributed by atoms with Crippen LogP contribution in [0.25, 0.3) is 0 Å². The molecule has 1 atom stereocenters. The van der Waals surface area contributed by atoms with Crippen molar-refractivity contribution in [3.05, 3.63) is 36.4 Å². The van der Waals surface area contributed by atoms with Gasteiger partial charge in [0.25, 0.3) is 0 Å². The van der Waals surface area contributed by atoms with Crippen LogP contribution in [0.4, 0.5) is 16.0 Å². The minimum absolute atomic E-state index is 0.0561. The van der Waals surface area contributed by atoms with E-state index in [0.717, 1.165) is 0 Å². The molecule has 21 heavy (non-hydrogen) atoms. The van der Waals surface area contributed by atoms with Gasteiger partial charge in [-0.1, -0.05) is 12.1 Å². The normalized spacial score (nSPS) is 17.0. The first-order chi connectivity index (χ1) is 10.1. The zero-order valence-electron chi connectivity index (χ0n) is 10.9. The Balaban J connectivity index is 1.66. The van der Waals surface area contributed by atoms with E-state index in [1.54, 1.807) is 6.07 Å². The molecule has 1 aromatic heterocycles. The third-order valence-corrected chi connectivity index (χ3v) is 3.19. The molecule has 7 nitrogen and oxygen atoms in total. The predicted molar refractivity (Wildman–Crippen MR) is 71.8 cm³/mol. The van der Waals surface area contributed by atoms with Crippen molar-refractivity contribution < 1.29 is 14.0 Å². The molecule has 0 spiro atoms. The number of benzene rings is 1. The van der Waals surface area contributed by atoms with Crippen LogP contribution in [-0.4, -0.2) is 26.6 Å². The summed E-state index contributed by atoms with van der Waals surface area (Å²) in [5.41, 5.74) is 0.0974. The maximum atomic E-state index is 13.4. The summed E-state index contributed by atoms with van der Waals surface area (Å²) in [6.07, 6.45) is 1.27. The summed E-state index contributed by atoms with van der Waals surface area (Å²) in [7, 11) is 0. The number of rotatable bonds is 3. The van der Waals surface area contributed by atoms with Gasteiger partial charge in [-0.15, -0.1) is 0 Å². The second-order valence-corrected chi connectivity index (χ2v) is 4.68. The van der Waals surface area contributed by atoms with Crippen LogP contribution >= 0.6 is 0 Å². The van der Waals surface area contributed by atoms with Gasteiger partial charge in [0.15, 0.2) is 0 Å². The van der Waals surface area contributed by atoms with Gasteiger partial charge in [0.05, 0.1) is 18.2 Å². The third-order valence-electron chi connectivity index (χ3n) is 3.19. The fraction of sp³-hybridized carbons (Fsp3) is 0.231. The van der Waals surface area contributed by atoms with Crippen LogP contribution in [0.3, 0.4) is 0 Å². The van der Waals surface area contributed by atoms with E-state index in [9.17, 15) is 14.0 Å². The lowest BCUT2D eigenvalue weighted by Crippen LogP contribution is -2.36. The van der Waals surface area contributed by atoms with Crippen LogP contribution in [0, 0.1) is 11.7 Å². The van der Waals surface area contributed by atoms with Gasteiger partial charge >= 0.3 is 0 Å². The molecule has 0 radical (unpaired) electrons. The minimum atomic E-state index is -0.564. The van der Waals surface area contributed by atoms with Crippen molar-refractivity contribution in [3.63, 3.8) is 0 Å². The highest BCUT2D eigenvalue weighted by Crippen LogP contribution is 2.19. The highest BCUT2D eigenvalue weighted by molar-refractivity contribution is 5.98. The van der Waals surface area contributed by atoms with Crippen molar-refractivity contribution in [1.29, 1.82) is 0 Å². The average molecular weight is 289 g/mol. The fourth-order valence-electron chi connectivity index (χ4n) is 2.14. The third kappa shape index (κ3) is 2.73. The number of hydrogen-bond acceptors (Lipinski definition) is 4. The Morgan fingerprint density at radius 1 is 1.48 bits per heavy atom. The van der Waals surface area contributed by atoms with Crippen molar-refractivity contribution in [2.75, 3.05) is 10.6 Å². The Morgan fingerprint density at radius 3 is 3.10 bits per heavy atom. The molecule has 2 heterocycles. The molecule has 0 aliphatic carbocycles. The van der Waals surface area contributed by atoms with Gasteiger partial charge in [0.1, 0.15) is 12.1 Å². The molecule has 1 aliphatic rings. The highest BCUT2D eigenvalue weighted by atomic mass is 19.1. The van der Waals surface area contributed by atoms with Crippen molar-refractivity contribution in [1.82, 2.24) is 14.8 Å². The Kier molecular flexibility index (Phi) is 3.35. The lowest BCUT2D eigenvalue weighted by Gasteiger charge is -2.21. The first kappa shape index (κ1) is 13.2. The molecule has 1 aliphatic heterocycles. The van der Waals surface area contributed by atoms with E-state index in [0.29, 0.717) is 5.95 Å². The number of nitrogens with zero attached hydrogens (tertiary/aromatic N) is 3. The first-order valence-electron chi connectivity index (χ1n) is 6.36. The number of fused-ring (bicyclic) bond motifs is 1. The first-order valence-corrected chi connectivity index (χ1v) is 6.36. The predicted octanol–water partition coefficient (Wildman–Crippen LogP) is 1.01. The second kappa shape index (κ2) is 5.31. The van der Waals surface area contributed by atoms with E-state index in [1.807, 2.05) is 0 Å². The monoisotopic (exact) mass is 289 g/mol. The molecule has 8 heteroatoms. The van der Waals surface area contributed by atoms with E-state index < -0.39 is 17.6 Å². The summed E-state index contributed by atoms with van der Waals surface area (Å²) in [4.78, 5) is 27.7. The Morgan fingerprint density at radius 2 is 2.29 bits per heavy atom. The van der Waals surface area contributed by atoms with E-state index in [-0.39, 0.29) is 24.6 Å². The van der Waals surface area contributed by atoms with Gasteiger partial charge in [-0.2, -0.15) is 10.1 Å². The van der Waals surface area contributed by atoms with E-state index in [4.69, 9.17) is 0 Å². The summed E-state index contributed by atoms with van der Waals surface area (Å²) in [6, 6.07) is 5.87. The number of halogens is 1. The fourth-order valence-corrected chi connectivity index (χ4v) is 2.14. The average Bonchev–Trinajstić information content (AvgIpc) is 2.89. The minimum Gasteiger partial charge on any atom is -0.324 e. The summed E-state index contributed by atoms with van der Waals surface area (Å²) in [5, 5.41) is 8.97. The molecule has 2 amide bonds. The maximum Gasteiger partial charge on any atom is 0.232 e. The molecule has 2 N–H and O–H groups in total. The molecule has 0 bridgehead atoms. The van der Waals surface area contributed by atoms with Crippen molar-refractivity contribution in [3.8, 4) is 0 Å². The zero-order chi connectivity index (χ0) is 14.8. The molecule has 0 unspecified atom stereocenters. The number of amides is 2. The quantitative estimate of drug-likeness (QED) is 0.882. The number of aromatic nitrogens is 3. The number of anilines is 2. The Bertz CT molecular complexity index is 699. The molecule has 0 saturated carbocycles. The molecular formula is C13H12FN5O2. The SMILES string of the molecule is O=C(C[C@H]1Cn2ncnc2NC1=O)Nc1ccccc1F. The van der Waals surface area contributed by atoms with Crippen molar-refractivity contribution in [2.24, 2.45) is 5.92 Å². The molecule has 3 rings (SSSR count). The van der Waals surface area contributed by atoms with Crippen LogP contribution in [0.1, 0.15) is 6.42 Å². The van der Waals surface area contributed by atoms with Crippen LogP contribution < -0.4 is 10.6 Å². The number of nitrogens with one attached hydrogen (secondary N) is 2. The van der Waals surface area contributed by atoms with Crippen LogP contribution in [-0.2, 0) is 16.1 Å². The smallest absolute Gasteiger partial charge is 0.232 e. The van der Waals surface area contributed by atoms with Crippen molar-refractivity contribution in [2.45, 2.75) is 13.0 Å². The summed E-state index contributed by atoms with van der Waals surface area (Å²) in [5.74, 6) is -1.43. The van der Waals surface area contributed by atoms with E-state index in [1.165, 1.54) is 29.2 Å². The van der Waals surface area contributed by atoms with Gasteiger partial charge in [0.2, 0.25) is 17.8 Å². The molecule has 0 fully saturated rings. The second-order valence-electron chi connectivity index (χ2n) is 4.68. The van der Waals surface area contributed by atoms with Crippen LogP contribution in [0.15, 0.2) is 30.6 Å². The summed E-state index contributed by atoms with van der Waals surface area (Å²) in [6.45, 7) is 0.270.